The van der Waals surface area contributed by atoms with Crippen LogP contribution in [0.2, 0.25) is 0 Å². The summed E-state index contributed by atoms with van der Waals surface area (Å²) in [5.41, 5.74) is 1.57. The Morgan fingerprint density at radius 3 is 2.88 bits per heavy atom. The minimum Gasteiger partial charge on any atom is -0.377 e. The summed E-state index contributed by atoms with van der Waals surface area (Å²) in [6, 6.07) is 7.29. The fraction of sp³-hybridized carbons (Fsp3) is 0.462. The van der Waals surface area contributed by atoms with E-state index in [1.807, 2.05) is 26.0 Å². The van der Waals surface area contributed by atoms with E-state index in [-0.39, 0.29) is 12.0 Å². The van der Waals surface area contributed by atoms with Crippen molar-refractivity contribution in [1.82, 2.24) is 5.32 Å². The van der Waals surface area contributed by atoms with Gasteiger partial charge in [-0.2, -0.15) is 0 Å². The van der Waals surface area contributed by atoms with Gasteiger partial charge < -0.3 is 10.1 Å². The lowest BCUT2D eigenvalue weighted by atomic mass is 10.1. The summed E-state index contributed by atoms with van der Waals surface area (Å²) in [7, 11) is 0. The molecular weight excluding hydrogens is 238 g/mol. The zero-order valence-corrected chi connectivity index (χ0v) is 11.0. The fourth-order valence-corrected chi connectivity index (χ4v) is 1.52. The van der Waals surface area contributed by atoms with E-state index < -0.39 is 0 Å². The van der Waals surface area contributed by atoms with Crippen LogP contribution >= 0.6 is 11.6 Å². The maximum Gasteiger partial charge on any atom is 0.251 e. The van der Waals surface area contributed by atoms with Gasteiger partial charge in [0.25, 0.3) is 5.91 Å². The molecule has 0 bridgehead atoms. The SMILES string of the molecule is CC(C)OCCNC(=O)c1cccc(CCl)c1. The Bertz CT molecular complexity index is 366. The molecule has 1 N–H and O–H groups in total. The average Bonchev–Trinajstić information content (AvgIpc) is 2.34. The van der Waals surface area contributed by atoms with Crippen molar-refractivity contribution in [2.45, 2.75) is 25.8 Å². The van der Waals surface area contributed by atoms with E-state index in [0.29, 0.717) is 24.6 Å². The highest BCUT2D eigenvalue weighted by molar-refractivity contribution is 6.17. The lowest BCUT2D eigenvalue weighted by Gasteiger charge is -2.09. The maximum atomic E-state index is 11.7. The number of ether oxygens (including phenoxy) is 1. The molecule has 0 aliphatic heterocycles. The second-order valence-corrected chi connectivity index (χ2v) is 4.28. The van der Waals surface area contributed by atoms with Crippen LogP contribution in [0.1, 0.15) is 29.8 Å². The van der Waals surface area contributed by atoms with Crippen LogP contribution in [0.4, 0.5) is 0 Å². The first-order chi connectivity index (χ1) is 8.13. The maximum absolute atomic E-state index is 11.7. The molecule has 0 aliphatic rings. The third-order valence-corrected chi connectivity index (χ3v) is 2.49. The highest BCUT2D eigenvalue weighted by atomic mass is 35.5. The Morgan fingerprint density at radius 1 is 1.47 bits per heavy atom. The van der Waals surface area contributed by atoms with Gasteiger partial charge in [-0.1, -0.05) is 12.1 Å². The van der Waals surface area contributed by atoms with E-state index in [9.17, 15) is 4.79 Å². The van der Waals surface area contributed by atoms with Crippen LogP contribution in [0.25, 0.3) is 0 Å². The van der Waals surface area contributed by atoms with Gasteiger partial charge in [-0.05, 0) is 31.5 Å². The van der Waals surface area contributed by atoms with Gasteiger partial charge in [-0.15, -0.1) is 11.6 Å². The Kier molecular flexibility index (Phi) is 6.01. The highest BCUT2D eigenvalue weighted by Crippen LogP contribution is 2.07. The summed E-state index contributed by atoms with van der Waals surface area (Å²) >= 11 is 5.71. The van der Waals surface area contributed by atoms with E-state index in [1.165, 1.54) is 0 Å². The number of benzene rings is 1. The number of alkyl halides is 1. The number of rotatable bonds is 6. The van der Waals surface area contributed by atoms with Gasteiger partial charge in [0, 0.05) is 18.0 Å². The molecule has 0 saturated heterocycles. The molecule has 0 heterocycles. The Labute approximate surface area is 107 Å². The minimum atomic E-state index is -0.0932. The molecule has 0 atom stereocenters. The molecule has 3 nitrogen and oxygen atoms in total. The van der Waals surface area contributed by atoms with E-state index in [0.717, 1.165) is 5.56 Å². The van der Waals surface area contributed by atoms with Gasteiger partial charge in [0.2, 0.25) is 0 Å². The van der Waals surface area contributed by atoms with Crippen molar-refractivity contribution in [3.63, 3.8) is 0 Å². The predicted molar refractivity (Wildman–Crippen MR) is 69.4 cm³/mol. The van der Waals surface area contributed by atoms with E-state index in [2.05, 4.69) is 5.32 Å². The summed E-state index contributed by atoms with van der Waals surface area (Å²) in [6.45, 7) is 4.97. The van der Waals surface area contributed by atoms with Crippen molar-refractivity contribution in [3.05, 3.63) is 35.4 Å². The van der Waals surface area contributed by atoms with Crippen LogP contribution in [0.5, 0.6) is 0 Å². The molecule has 17 heavy (non-hydrogen) atoms. The van der Waals surface area contributed by atoms with E-state index in [4.69, 9.17) is 16.3 Å². The number of hydrogen-bond acceptors (Lipinski definition) is 2. The monoisotopic (exact) mass is 255 g/mol. The molecule has 1 rings (SSSR count). The Morgan fingerprint density at radius 2 is 2.24 bits per heavy atom. The normalized spacial score (nSPS) is 10.6. The zero-order chi connectivity index (χ0) is 12.7. The van der Waals surface area contributed by atoms with Gasteiger partial charge in [0.05, 0.1) is 12.7 Å². The molecule has 0 radical (unpaired) electrons. The summed E-state index contributed by atoms with van der Waals surface area (Å²) in [5.74, 6) is 0.321. The standard InChI is InChI=1S/C13H18ClNO2/c1-10(2)17-7-6-15-13(16)12-5-3-4-11(8-12)9-14/h3-5,8,10H,6-7,9H2,1-2H3,(H,15,16). The molecule has 1 aromatic carbocycles. The third-order valence-electron chi connectivity index (χ3n) is 2.18. The molecule has 94 valence electrons. The Balaban J connectivity index is 2.41. The van der Waals surface area contributed by atoms with Crippen LogP contribution in [0, 0.1) is 0 Å². The number of carbonyl (C=O) groups excluding carboxylic acids is 1. The topological polar surface area (TPSA) is 38.3 Å². The fourth-order valence-electron chi connectivity index (χ4n) is 1.36. The van der Waals surface area contributed by atoms with Crippen molar-refractivity contribution < 1.29 is 9.53 Å². The van der Waals surface area contributed by atoms with E-state index >= 15 is 0 Å². The smallest absolute Gasteiger partial charge is 0.251 e. The number of carbonyl (C=O) groups is 1. The summed E-state index contributed by atoms with van der Waals surface area (Å²) in [5, 5.41) is 2.80. The van der Waals surface area contributed by atoms with Crippen LogP contribution in [-0.2, 0) is 10.6 Å². The lowest BCUT2D eigenvalue weighted by Crippen LogP contribution is -2.28. The van der Waals surface area contributed by atoms with Crippen LogP contribution in [0.15, 0.2) is 24.3 Å². The van der Waals surface area contributed by atoms with Gasteiger partial charge in [-0.3, -0.25) is 4.79 Å². The van der Waals surface area contributed by atoms with Crippen LogP contribution < -0.4 is 5.32 Å². The quantitative estimate of drug-likeness (QED) is 0.627. The minimum absolute atomic E-state index is 0.0932. The average molecular weight is 256 g/mol. The van der Waals surface area contributed by atoms with Crippen molar-refractivity contribution in [2.75, 3.05) is 13.2 Å². The molecule has 0 saturated carbocycles. The number of hydrogen-bond donors (Lipinski definition) is 1. The van der Waals surface area contributed by atoms with E-state index in [1.54, 1.807) is 12.1 Å². The first kappa shape index (κ1) is 14.0. The number of nitrogens with one attached hydrogen (secondary N) is 1. The number of amides is 1. The summed E-state index contributed by atoms with van der Waals surface area (Å²) in [4.78, 5) is 11.7. The van der Waals surface area contributed by atoms with Gasteiger partial charge in [0.1, 0.15) is 0 Å². The molecular formula is C13H18ClNO2. The van der Waals surface area contributed by atoms with Gasteiger partial charge >= 0.3 is 0 Å². The molecule has 1 amide bonds. The summed E-state index contributed by atoms with van der Waals surface area (Å²) < 4.78 is 5.34. The molecule has 0 aliphatic carbocycles. The second kappa shape index (κ2) is 7.30. The van der Waals surface area contributed by atoms with Gasteiger partial charge in [0.15, 0.2) is 0 Å². The van der Waals surface area contributed by atoms with Crippen LogP contribution in [-0.4, -0.2) is 25.2 Å². The van der Waals surface area contributed by atoms with Crippen LogP contribution in [0.3, 0.4) is 0 Å². The molecule has 1 aromatic rings. The number of halogens is 1. The first-order valence-electron chi connectivity index (χ1n) is 5.68. The first-order valence-corrected chi connectivity index (χ1v) is 6.21. The highest BCUT2D eigenvalue weighted by Gasteiger charge is 2.05. The molecule has 0 aromatic heterocycles. The van der Waals surface area contributed by atoms with Crippen molar-refractivity contribution >= 4 is 17.5 Å². The zero-order valence-electron chi connectivity index (χ0n) is 10.2. The molecule has 0 unspecified atom stereocenters. The lowest BCUT2D eigenvalue weighted by molar-refractivity contribution is 0.0746. The Hall–Kier alpha value is -1.06. The van der Waals surface area contributed by atoms with Gasteiger partial charge in [-0.25, -0.2) is 0 Å². The summed E-state index contributed by atoms with van der Waals surface area (Å²) in [6.07, 6.45) is 0.187. The third kappa shape index (κ3) is 5.20. The van der Waals surface area contributed by atoms with Crippen molar-refractivity contribution in [1.29, 1.82) is 0 Å². The molecule has 0 fully saturated rings. The molecule has 0 spiro atoms. The van der Waals surface area contributed by atoms with Crippen molar-refractivity contribution in [3.8, 4) is 0 Å². The predicted octanol–water partition coefficient (Wildman–Crippen LogP) is 2.58. The largest absolute Gasteiger partial charge is 0.377 e. The second-order valence-electron chi connectivity index (χ2n) is 4.01. The van der Waals surface area contributed by atoms with Crippen molar-refractivity contribution in [2.24, 2.45) is 0 Å². The molecule has 4 heteroatoms.